The molecule has 0 spiro atoms. The number of aromatic nitrogens is 1. The van der Waals surface area contributed by atoms with Crippen molar-refractivity contribution >= 4 is 5.91 Å². The van der Waals surface area contributed by atoms with Gasteiger partial charge in [-0.1, -0.05) is 0 Å². The molecule has 0 atom stereocenters. The number of aliphatic hydroxyl groups is 1. The molecular weight excluding hydrogens is 192 g/mol. The molecule has 1 aromatic rings. The summed E-state index contributed by atoms with van der Waals surface area (Å²) < 4.78 is 0. The number of hydrogen-bond acceptors (Lipinski definition) is 3. The molecule has 0 aromatic carbocycles. The van der Waals surface area contributed by atoms with Crippen molar-refractivity contribution in [2.75, 3.05) is 13.1 Å². The molecule has 80 valence electrons. The summed E-state index contributed by atoms with van der Waals surface area (Å²) in [5.74, 6) is 0.122. The largest absolute Gasteiger partial charge is 0.389 e. The lowest BCUT2D eigenvalue weighted by Gasteiger charge is -2.35. The average molecular weight is 206 g/mol. The Hall–Kier alpha value is -1.42. The topological polar surface area (TPSA) is 53.4 Å². The van der Waals surface area contributed by atoms with Gasteiger partial charge in [-0.2, -0.15) is 0 Å². The Balaban J connectivity index is 1.76. The quantitative estimate of drug-likeness (QED) is 0.769. The molecule has 2 heterocycles. The van der Waals surface area contributed by atoms with Crippen LogP contribution in [0.15, 0.2) is 24.5 Å². The highest BCUT2D eigenvalue weighted by Gasteiger charge is 2.27. The second-order valence-electron chi connectivity index (χ2n) is 3.81. The van der Waals surface area contributed by atoms with E-state index in [4.69, 9.17) is 5.11 Å². The molecule has 1 aliphatic heterocycles. The number of likely N-dealkylation sites (tertiary alicyclic amines) is 1. The maximum absolute atomic E-state index is 11.5. The zero-order chi connectivity index (χ0) is 10.7. The van der Waals surface area contributed by atoms with Crippen LogP contribution in [0.25, 0.3) is 0 Å². The molecule has 1 aliphatic rings. The zero-order valence-electron chi connectivity index (χ0n) is 8.47. The highest BCUT2D eigenvalue weighted by molar-refractivity contribution is 5.77. The molecule has 1 N–H and O–H groups in total. The molecule has 1 saturated heterocycles. The van der Waals surface area contributed by atoms with Gasteiger partial charge in [-0.25, -0.2) is 0 Å². The van der Waals surface area contributed by atoms with Crippen LogP contribution in [0, 0.1) is 0 Å². The fourth-order valence-electron chi connectivity index (χ4n) is 1.62. The Labute approximate surface area is 88.6 Å². The van der Waals surface area contributed by atoms with Gasteiger partial charge in [0.25, 0.3) is 0 Å². The van der Waals surface area contributed by atoms with E-state index < -0.39 is 0 Å². The van der Waals surface area contributed by atoms with Crippen LogP contribution in [-0.2, 0) is 11.2 Å². The second-order valence-corrected chi connectivity index (χ2v) is 3.81. The molecule has 0 aliphatic carbocycles. The first kappa shape index (κ1) is 10.1. The van der Waals surface area contributed by atoms with E-state index in [-0.39, 0.29) is 12.0 Å². The Bertz CT molecular complexity index is 334. The van der Waals surface area contributed by atoms with Crippen LogP contribution in [0.4, 0.5) is 0 Å². The molecule has 1 amide bonds. The van der Waals surface area contributed by atoms with Gasteiger partial charge in [-0.05, 0) is 24.1 Å². The predicted octanol–water partition coefficient (Wildman–Crippen LogP) is 0.217. The monoisotopic (exact) mass is 206 g/mol. The van der Waals surface area contributed by atoms with Crippen LogP contribution in [0.2, 0.25) is 0 Å². The van der Waals surface area contributed by atoms with E-state index in [0.29, 0.717) is 19.5 Å². The van der Waals surface area contributed by atoms with Gasteiger partial charge in [0.2, 0.25) is 5.91 Å². The lowest BCUT2D eigenvalue weighted by atomic mass is 10.1. The number of rotatable bonds is 3. The molecule has 15 heavy (non-hydrogen) atoms. The fourth-order valence-corrected chi connectivity index (χ4v) is 1.62. The van der Waals surface area contributed by atoms with E-state index in [0.717, 1.165) is 12.0 Å². The van der Waals surface area contributed by atoms with Gasteiger partial charge in [0.15, 0.2) is 0 Å². The van der Waals surface area contributed by atoms with Gasteiger partial charge < -0.3 is 10.0 Å². The summed E-state index contributed by atoms with van der Waals surface area (Å²) in [6.45, 7) is 0.990. The number of nitrogens with zero attached hydrogens (tertiary/aromatic N) is 2. The standard InChI is InChI=1S/C11H14N2O2/c14-10-7-13(8-10)11(15)2-1-9-3-5-12-6-4-9/h3-6,10,14H,1-2,7-8H2. The minimum absolute atomic E-state index is 0.122. The third-order valence-corrected chi connectivity index (χ3v) is 2.59. The van der Waals surface area contributed by atoms with E-state index in [2.05, 4.69) is 4.98 Å². The number of hydrogen-bond donors (Lipinski definition) is 1. The summed E-state index contributed by atoms with van der Waals surface area (Å²) in [6.07, 6.45) is 4.40. The molecule has 2 rings (SSSR count). The van der Waals surface area contributed by atoms with Gasteiger partial charge in [-0.3, -0.25) is 9.78 Å². The number of pyridine rings is 1. The van der Waals surface area contributed by atoms with Crippen molar-refractivity contribution in [2.24, 2.45) is 0 Å². The summed E-state index contributed by atoms with van der Waals surface area (Å²) in [5, 5.41) is 9.05. The summed E-state index contributed by atoms with van der Waals surface area (Å²) >= 11 is 0. The van der Waals surface area contributed by atoms with E-state index >= 15 is 0 Å². The predicted molar refractivity (Wildman–Crippen MR) is 55.1 cm³/mol. The lowest BCUT2D eigenvalue weighted by molar-refractivity contribution is -0.141. The lowest BCUT2D eigenvalue weighted by Crippen LogP contribution is -2.53. The van der Waals surface area contributed by atoms with Crippen LogP contribution in [0.5, 0.6) is 0 Å². The Morgan fingerprint density at radius 1 is 1.47 bits per heavy atom. The van der Waals surface area contributed by atoms with Crippen molar-refractivity contribution in [3.05, 3.63) is 30.1 Å². The van der Waals surface area contributed by atoms with E-state index in [1.54, 1.807) is 17.3 Å². The third-order valence-electron chi connectivity index (χ3n) is 2.59. The van der Waals surface area contributed by atoms with Crippen LogP contribution < -0.4 is 0 Å². The Morgan fingerprint density at radius 3 is 2.73 bits per heavy atom. The number of carbonyl (C=O) groups is 1. The molecule has 0 radical (unpaired) electrons. The molecule has 4 heteroatoms. The Kier molecular flexibility index (Phi) is 2.97. The maximum atomic E-state index is 11.5. The highest BCUT2D eigenvalue weighted by atomic mass is 16.3. The zero-order valence-corrected chi connectivity index (χ0v) is 8.47. The van der Waals surface area contributed by atoms with Crippen molar-refractivity contribution in [3.8, 4) is 0 Å². The van der Waals surface area contributed by atoms with Crippen molar-refractivity contribution in [3.63, 3.8) is 0 Å². The van der Waals surface area contributed by atoms with Crippen molar-refractivity contribution < 1.29 is 9.90 Å². The maximum Gasteiger partial charge on any atom is 0.223 e. The van der Waals surface area contributed by atoms with E-state index in [9.17, 15) is 4.79 Å². The van der Waals surface area contributed by atoms with Crippen molar-refractivity contribution in [2.45, 2.75) is 18.9 Å². The number of amides is 1. The highest BCUT2D eigenvalue weighted by Crippen LogP contribution is 2.10. The van der Waals surface area contributed by atoms with E-state index in [1.165, 1.54) is 0 Å². The molecule has 4 nitrogen and oxygen atoms in total. The van der Waals surface area contributed by atoms with Crippen LogP contribution in [0.3, 0.4) is 0 Å². The molecule has 0 saturated carbocycles. The number of aliphatic hydroxyl groups excluding tert-OH is 1. The number of β-amino-alcohol motifs (C(OH)–C–C–N with tert-alkyl or cyclic N) is 1. The van der Waals surface area contributed by atoms with Crippen molar-refractivity contribution in [1.82, 2.24) is 9.88 Å². The second kappa shape index (κ2) is 4.40. The summed E-state index contributed by atoms with van der Waals surface area (Å²) in [7, 11) is 0. The SMILES string of the molecule is O=C(CCc1ccncc1)N1CC(O)C1. The number of aryl methyl sites for hydroxylation is 1. The van der Waals surface area contributed by atoms with E-state index in [1.807, 2.05) is 12.1 Å². The first-order valence-corrected chi connectivity index (χ1v) is 5.10. The normalized spacial score (nSPS) is 16.2. The smallest absolute Gasteiger partial charge is 0.223 e. The van der Waals surface area contributed by atoms with Gasteiger partial charge in [0.05, 0.1) is 6.10 Å². The average Bonchev–Trinajstić information content (AvgIpc) is 2.23. The molecule has 1 aromatic heterocycles. The molecule has 0 bridgehead atoms. The van der Waals surface area contributed by atoms with Gasteiger partial charge in [0.1, 0.15) is 0 Å². The van der Waals surface area contributed by atoms with Gasteiger partial charge >= 0.3 is 0 Å². The first-order valence-electron chi connectivity index (χ1n) is 5.10. The molecule has 1 fully saturated rings. The molecule has 0 unspecified atom stereocenters. The minimum atomic E-state index is -0.310. The van der Waals surface area contributed by atoms with Gasteiger partial charge in [0, 0.05) is 31.9 Å². The van der Waals surface area contributed by atoms with Gasteiger partial charge in [-0.15, -0.1) is 0 Å². The molecular formula is C11H14N2O2. The van der Waals surface area contributed by atoms with Crippen LogP contribution in [0.1, 0.15) is 12.0 Å². The Morgan fingerprint density at radius 2 is 2.13 bits per heavy atom. The third kappa shape index (κ3) is 2.53. The summed E-state index contributed by atoms with van der Waals surface area (Å²) in [5.41, 5.74) is 1.12. The first-order chi connectivity index (χ1) is 7.25. The summed E-state index contributed by atoms with van der Waals surface area (Å²) in [6, 6.07) is 3.83. The minimum Gasteiger partial charge on any atom is -0.389 e. The van der Waals surface area contributed by atoms with Crippen molar-refractivity contribution in [1.29, 1.82) is 0 Å². The van der Waals surface area contributed by atoms with Crippen LogP contribution >= 0.6 is 0 Å². The fraction of sp³-hybridized carbons (Fsp3) is 0.455. The number of carbonyl (C=O) groups excluding carboxylic acids is 1. The summed E-state index contributed by atoms with van der Waals surface area (Å²) in [4.78, 5) is 17.1. The van der Waals surface area contributed by atoms with Crippen LogP contribution in [-0.4, -0.2) is 40.1 Å².